The van der Waals surface area contributed by atoms with Gasteiger partial charge < -0.3 is 15.8 Å². The van der Waals surface area contributed by atoms with Crippen molar-refractivity contribution in [3.63, 3.8) is 0 Å². The molecule has 96 valence electrons. The fraction of sp³-hybridized carbons (Fsp3) is 0.364. The maximum atomic E-state index is 11.3. The summed E-state index contributed by atoms with van der Waals surface area (Å²) < 4.78 is 5.16. The number of carbonyl (C=O) groups is 1. The molecular weight excluding hydrogens is 263 g/mol. The summed E-state index contributed by atoms with van der Waals surface area (Å²) in [6.07, 6.45) is 0.312. The lowest BCUT2D eigenvalue weighted by Gasteiger charge is -2.11. The van der Waals surface area contributed by atoms with E-state index in [1.165, 1.54) is 0 Å². The number of hydrogen-bond donors (Lipinski definition) is 2. The van der Waals surface area contributed by atoms with Crippen molar-refractivity contribution in [2.45, 2.75) is 13.0 Å². The van der Waals surface area contributed by atoms with Crippen LogP contribution in [0.25, 0.3) is 0 Å². The predicted molar refractivity (Wildman–Crippen MR) is 70.8 cm³/mol. The van der Waals surface area contributed by atoms with Crippen LogP contribution >= 0.6 is 24.0 Å². The number of nitrogens with two attached hydrogens (primary N) is 1. The molecule has 0 heterocycles. The first kappa shape index (κ1) is 16.0. The van der Waals surface area contributed by atoms with Gasteiger partial charge in [0.05, 0.1) is 7.11 Å². The molecule has 0 aliphatic carbocycles. The van der Waals surface area contributed by atoms with E-state index < -0.39 is 0 Å². The molecule has 0 aromatic heterocycles. The Morgan fingerprint density at radius 1 is 1.53 bits per heavy atom. The van der Waals surface area contributed by atoms with Crippen LogP contribution in [0.5, 0.6) is 5.75 Å². The SMILES string of the molecule is COc1cccc(Cl)c1CNC(=O)CCN.Cl. The molecule has 0 saturated carbocycles. The first-order valence-electron chi connectivity index (χ1n) is 4.97. The standard InChI is InChI=1S/C11H15ClN2O2.ClH/c1-16-10-4-2-3-9(12)8(10)7-14-11(15)5-6-13;/h2-4H,5-7,13H2,1H3,(H,14,15);1H. The zero-order valence-electron chi connectivity index (χ0n) is 9.53. The average molecular weight is 279 g/mol. The zero-order chi connectivity index (χ0) is 12.0. The minimum Gasteiger partial charge on any atom is -0.496 e. The molecule has 0 radical (unpaired) electrons. The maximum Gasteiger partial charge on any atom is 0.221 e. The normalized spacial score (nSPS) is 9.35. The Bertz CT molecular complexity index is 372. The van der Waals surface area contributed by atoms with Gasteiger partial charge in [0.25, 0.3) is 0 Å². The van der Waals surface area contributed by atoms with Gasteiger partial charge in [0.2, 0.25) is 5.91 Å². The number of ether oxygens (including phenoxy) is 1. The number of methoxy groups -OCH3 is 1. The highest BCUT2D eigenvalue weighted by atomic mass is 35.5. The second-order valence-corrected chi connectivity index (χ2v) is 3.64. The van der Waals surface area contributed by atoms with Crippen molar-refractivity contribution in [2.75, 3.05) is 13.7 Å². The van der Waals surface area contributed by atoms with Crippen LogP contribution in [0.1, 0.15) is 12.0 Å². The van der Waals surface area contributed by atoms with Gasteiger partial charge in [-0.05, 0) is 12.1 Å². The summed E-state index contributed by atoms with van der Waals surface area (Å²) >= 11 is 6.01. The summed E-state index contributed by atoms with van der Waals surface area (Å²) in [4.78, 5) is 11.3. The lowest BCUT2D eigenvalue weighted by Crippen LogP contribution is -2.25. The predicted octanol–water partition coefficient (Wildman–Crippen LogP) is 1.74. The second kappa shape index (κ2) is 8.17. The molecule has 0 bridgehead atoms. The van der Waals surface area contributed by atoms with Crippen LogP contribution in [-0.2, 0) is 11.3 Å². The van der Waals surface area contributed by atoms with Gasteiger partial charge >= 0.3 is 0 Å². The molecule has 0 aliphatic rings. The van der Waals surface area contributed by atoms with Gasteiger partial charge in [-0.2, -0.15) is 0 Å². The van der Waals surface area contributed by atoms with Crippen LogP contribution in [0.2, 0.25) is 5.02 Å². The van der Waals surface area contributed by atoms with Crippen molar-refractivity contribution in [3.8, 4) is 5.75 Å². The summed E-state index contributed by atoms with van der Waals surface area (Å²) in [6.45, 7) is 0.688. The van der Waals surface area contributed by atoms with Crippen molar-refractivity contribution in [1.29, 1.82) is 0 Å². The highest BCUT2D eigenvalue weighted by Gasteiger charge is 2.08. The van der Waals surface area contributed by atoms with Crippen molar-refractivity contribution in [1.82, 2.24) is 5.32 Å². The van der Waals surface area contributed by atoms with Crippen molar-refractivity contribution < 1.29 is 9.53 Å². The highest BCUT2D eigenvalue weighted by molar-refractivity contribution is 6.31. The lowest BCUT2D eigenvalue weighted by molar-refractivity contribution is -0.121. The fourth-order valence-corrected chi connectivity index (χ4v) is 1.54. The Morgan fingerprint density at radius 3 is 2.82 bits per heavy atom. The molecule has 17 heavy (non-hydrogen) atoms. The maximum absolute atomic E-state index is 11.3. The molecule has 0 unspecified atom stereocenters. The highest BCUT2D eigenvalue weighted by Crippen LogP contribution is 2.25. The first-order valence-corrected chi connectivity index (χ1v) is 5.35. The molecule has 0 saturated heterocycles. The third-order valence-electron chi connectivity index (χ3n) is 2.13. The van der Waals surface area contributed by atoms with Gasteiger partial charge in [-0.25, -0.2) is 0 Å². The Kier molecular flexibility index (Phi) is 7.70. The molecule has 1 aromatic carbocycles. The number of halogens is 2. The Balaban J connectivity index is 0.00000256. The zero-order valence-corrected chi connectivity index (χ0v) is 11.1. The lowest BCUT2D eigenvalue weighted by atomic mass is 10.2. The van der Waals surface area contributed by atoms with E-state index in [1.54, 1.807) is 25.3 Å². The summed E-state index contributed by atoms with van der Waals surface area (Å²) in [6, 6.07) is 5.36. The molecule has 3 N–H and O–H groups in total. The van der Waals surface area contributed by atoms with Crippen LogP contribution in [0.4, 0.5) is 0 Å². The molecular formula is C11H16Cl2N2O2. The van der Waals surface area contributed by atoms with Gasteiger partial charge in [-0.15, -0.1) is 12.4 Å². The smallest absolute Gasteiger partial charge is 0.221 e. The van der Waals surface area contributed by atoms with Gasteiger partial charge in [0.15, 0.2) is 0 Å². The molecule has 0 atom stereocenters. The minimum absolute atomic E-state index is 0. The van der Waals surface area contributed by atoms with Gasteiger partial charge in [0, 0.05) is 30.1 Å². The number of hydrogen-bond acceptors (Lipinski definition) is 3. The molecule has 0 spiro atoms. The number of benzene rings is 1. The fourth-order valence-electron chi connectivity index (χ4n) is 1.31. The second-order valence-electron chi connectivity index (χ2n) is 3.24. The number of amides is 1. The largest absolute Gasteiger partial charge is 0.496 e. The summed E-state index contributed by atoms with van der Waals surface area (Å²) in [7, 11) is 1.57. The number of rotatable bonds is 5. The molecule has 4 nitrogen and oxygen atoms in total. The molecule has 0 aliphatic heterocycles. The van der Waals surface area contributed by atoms with Crippen LogP contribution in [0.3, 0.4) is 0 Å². The van der Waals surface area contributed by atoms with Crippen molar-refractivity contribution in [2.24, 2.45) is 5.73 Å². The average Bonchev–Trinajstić information content (AvgIpc) is 2.27. The molecule has 0 fully saturated rings. The number of carbonyl (C=O) groups excluding carboxylic acids is 1. The third kappa shape index (κ3) is 4.81. The van der Waals surface area contributed by atoms with E-state index >= 15 is 0 Å². The summed E-state index contributed by atoms with van der Waals surface area (Å²) in [5.74, 6) is 0.574. The topological polar surface area (TPSA) is 64.3 Å². The molecule has 1 rings (SSSR count). The van der Waals surface area contributed by atoms with E-state index in [4.69, 9.17) is 22.1 Å². The Labute approximate surface area is 112 Å². The van der Waals surface area contributed by atoms with Crippen LogP contribution < -0.4 is 15.8 Å². The van der Waals surface area contributed by atoms with E-state index in [9.17, 15) is 4.79 Å². The van der Waals surface area contributed by atoms with Crippen LogP contribution in [0, 0.1) is 0 Å². The van der Waals surface area contributed by atoms with Crippen LogP contribution in [-0.4, -0.2) is 19.6 Å². The molecule has 1 aromatic rings. The quantitative estimate of drug-likeness (QED) is 0.862. The van der Waals surface area contributed by atoms with E-state index in [1.807, 2.05) is 0 Å². The van der Waals surface area contributed by atoms with Gasteiger partial charge in [0.1, 0.15) is 5.75 Å². The first-order chi connectivity index (χ1) is 7.69. The Hall–Kier alpha value is -0.970. The monoisotopic (exact) mass is 278 g/mol. The summed E-state index contributed by atoms with van der Waals surface area (Å²) in [5, 5.41) is 3.31. The molecule has 6 heteroatoms. The minimum atomic E-state index is -0.0931. The van der Waals surface area contributed by atoms with Gasteiger partial charge in [-0.1, -0.05) is 17.7 Å². The third-order valence-corrected chi connectivity index (χ3v) is 2.48. The van der Waals surface area contributed by atoms with E-state index in [-0.39, 0.29) is 18.3 Å². The Morgan fingerprint density at radius 2 is 2.24 bits per heavy atom. The number of nitrogens with one attached hydrogen (secondary N) is 1. The van der Waals surface area contributed by atoms with Crippen molar-refractivity contribution in [3.05, 3.63) is 28.8 Å². The van der Waals surface area contributed by atoms with E-state index in [0.29, 0.717) is 30.3 Å². The summed E-state index contributed by atoms with van der Waals surface area (Å²) in [5.41, 5.74) is 6.05. The molecule has 1 amide bonds. The van der Waals surface area contributed by atoms with Crippen molar-refractivity contribution >= 4 is 29.9 Å². The van der Waals surface area contributed by atoms with E-state index in [2.05, 4.69) is 5.32 Å². The van der Waals surface area contributed by atoms with Crippen LogP contribution in [0.15, 0.2) is 18.2 Å². The van der Waals surface area contributed by atoms with E-state index in [0.717, 1.165) is 5.56 Å². The van der Waals surface area contributed by atoms with Gasteiger partial charge in [-0.3, -0.25) is 4.79 Å².